The van der Waals surface area contributed by atoms with Crippen molar-refractivity contribution in [1.82, 2.24) is 15.5 Å². The highest BCUT2D eigenvalue weighted by Gasteiger charge is 2.30. The standard InChI is InChI=1S/C21H20N4O2S2/c26-17(13-28-21-25-24-20(29-21)23-19(27)16-11-12-16)22-18(14-7-3-1-4-8-14)15-9-5-2-6-10-15/h1-10,16,18H,11-13H2,(H,22,26)(H,23,24,27). The monoisotopic (exact) mass is 424 g/mol. The molecule has 1 heterocycles. The zero-order valence-electron chi connectivity index (χ0n) is 15.6. The third kappa shape index (κ3) is 5.42. The lowest BCUT2D eigenvalue weighted by atomic mass is 9.99. The van der Waals surface area contributed by atoms with Crippen LogP contribution in [0.25, 0.3) is 0 Å². The van der Waals surface area contributed by atoms with Crippen molar-refractivity contribution in [2.24, 2.45) is 5.92 Å². The fourth-order valence-corrected chi connectivity index (χ4v) is 4.42. The first kappa shape index (κ1) is 19.6. The molecule has 4 rings (SSSR count). The Labute approximate surface area is 177 Å². The van der Waals surface area contributed by atoms with Gasteiger partial charge in [0.2, 0.25) is 16.9 Å². The van der Waals surface area contributed by atoms with E-state index in [1.807, 2.05) is 60.7 Å². The molecular formula is C21H20N4O2S2. The quantitative estimate of drug-likeness (QED) is 0.423. The Morgan fingerprint density at radius 3 is 2.21 bits per heavy atom. The van der Waals surface area contributed by atoms with Crippen LogP contribution in [-0.2, 0) is 9.59 Å². The predicted molar refractivity (Wildman–Crippen MR) is 115 cm³/mol. The van der Waals surface area contributed by atoms with Gasteiger partial charge in [0.1, 0.15) is 0 Å². The average molecular weight is 425 g/mol. The van der Waals surface area contributed by atoms with Gasteiger partial charge in [0.15, 0.2) is 4.34 Å². The molecule has 1 aromatic heterocycles. The third-order valence-electron chi connectivity index (χ3n) is 4.48. The van der Waals surface area contributed by atoms with Crippen molar-refractivity contribution in [2.45, 2.75) is 23.2 Å². The fraction of sp³-hybridized carbons (Fsp3) is 0.238. The number of thioether (sulfide) groups is 1. The number of rotatable bonds is 8. The summed E-state index contributed by atoms with van der Waals surface area (Å²) in [7, 11) is 0. The van der Waals surface area contributed by atoms with Gasteiger partial charge in [-0.1, -0.05) is 83.8 Å². The topological polar surface area (TPSA) is 84.0 Å². The molecule has 2 aromatic carbocycles. The van der Waals surface area contributed by atoms with Crippen LogP contribution in [0.2, 0.25) is 0 Å². The largest absolute Gasteiger partial charge is 0.344 e. The maximum atomic E-state index is 12.6. The van der Waals surface area contributed by atoms with Crippen molar-refractivity contribution in [3.63, 3.8) is 0 Å². The summed E-state index contributed by atoms with van der Waals surface area (Å²) in [5.74, 6) is 0.255. The van der Waals surface area contributed by atoms with E-state index < -0.39 is 0 Å². The van der Waals surface area contributed by atoms with E-state index in [9.17, 15) is 9.59 Å². The first-order valence-electron chi connectivity index (χ1n) is 9.35. The van der Waals surface area contributed by atoms with Gasteiger partial charge in [-0.25, -0.2) is 0 Å². The number of amides is 2. The lowest BCUT2D eigenvalue weighted by Crippen LogP contribution is -2.30. The van der Waals surface area contributed by atoms with Gasteiger partial charge < -0.3 is 10.6 Å². The number of nitrogens with one attached hydrogen (secondary N) is 2. The van der Waals surface area contributed by atoms with Crippen LogP contribution in [0.1, 0.15) is 30.0 Å². The van der Waals surface area contributed by atoms with Crippen molar-refractivity contribution < 1.29 is 9.59 Å². The fourth-order valence-electron chi connectivity index (χ4n) is 2.85. The van der Waals surface area contributed by atoms with Crippen LogP contribution in [0.5, 0.6) is 0 Å². The van der Waals surface area contributed by atoms with Crippen molar-refractivity contribution in [3.05, 3.63) is 71.8 Å². The molecule has 6 nitrogen and oxygen atoms in total. The van der Waals surface area contributed by atoms with Crippen LogP contribution in [0.15, 0.2) is 65.0 Å². The minimum absolute atomic E-state index is 0.00371. The molecule has 2 N–H and O–H groups in total. The van der Waals surface area contributed by atoms with Crippen LogP contribution in [-0.4, -0.2) is 27.8 Å². The molecular weight excluding hydrogens is 404 g/mol. The van der Waals surface area contributed by atoms with E-state index in [0.29, 0.717) is 9.47 Å². The molecule has 2 amide bonds. The maximum absolute atomic E-state index is 12.6. The lowest BCUT2D eigenvalue weighted by molar-refractivity contribution is -0.119. The predicted octanol–water partition coefficient (Wildman–Crippen LogP) is 3.88. The summed E-state index contributed by atoms with van der Waals surface area (Å²) in [6.45, 7) is 0. The second kappa shape index (κ2) is 9.19. The summed E-state index contributed by atoms with van der Waals surface area (Å²) >= 11 is 2.60. The Morgan fingerprint density at radius 2 is 1.62 bits per heavy atom. The van der Waals surface area contributed by atoms with E-state index in [4.69, 9.17) is 0 Å². The number of carbonyl (C=O) groups is 2. The lowest BCUT2D eigenvalue weighted by Gasteiger charge is -2.19. The molecule has 0 radical (unpaired) electrons. The Bertz CT molecular complexity index is 935. The van der Waals surface area contributed by atoms with Crippen LogP contribution in [0.3, 0.4) is 0 Å². The molecule has 0 aliphatic heterocycles. The van der Waals surface area contributed by atoms with Gasteiger partial charge in [-0.05, 0) is 24.0 Å². The molecule has 0 unspecified atom stereocenters. The van der Waals surface area contributed by atoms with Crippen LogP contribution >= 0.6 is 23.1 Å². The molecule has 8 heteroatoms. The highest BCUT2D eigenvalue weighted by Crippen LogP contribution is 2.32. The molecule has 1 fully saturated rings. The zero-order valence-corrected chi connectivity index (χ0v) is 17.2. The van der Waals surface area contributed by atoms with Gasteiger partial charge in [-0.3, -0.25) is 9.59 Å². The smallest absolute Gasteiger partial charge is 0.231 e. The molecule has 0 atom stereocenters. The van der Waals surface area contributed by atoms with Crippen molar-refractivity contribution in [2.75, 3.05) is 11.1 Å². The number of carbonyl (C=O) groups excluding carboxylic acids is 2. The van der Waals surface area contributed by atoms with Crippen LogP contribution < -0.4 is 10.6 Å². The molecule has 1 aliphatic carbocycles. The minimum atomic E-state index is -0.215. The second-order valence-corrected chi connectivity index (χ2v) is 8.95. The first-order valence-corrected chi connectivity index (χ1v) is 11.2. The van der Waals surface area contributed by atoms with Crippen molar-refractivity contribution in [3.8, 4) is 0 Å². The van der Waals surface area contributed by atoms with Gasteiger partial charge in [-0.2, -0.15) is 0 Å². The molecule has 148 valence electrons. The Kier molecular flexibility index (Phi) is 6.21. The molecule has 0 bridgehead atoms. The summed E-state index contributed by atoms with van der Waals surface area (Å²) in [6.07, 6.45) is 1.88. The molecule has 29 heavy (non-hydrogen) atoms. The SMILES string of the molecule is O=C(CSc1nnc(NC(=O)C2CC2)s1)NC(c1ccccc1)c1ccccc1. The summed E-state index contributed by atoms with van der Waals surface area (Å²) < 4.78 is 0.655. The first-order chi connectivity index (χ1) is 14.2. The molecule has 1 aliphatic rings. The summed E-state index contributed by atoms with van der Waals surface area (Å²) in [4.78, 5) is 24.4. The number of anilines is 1. The molecule has 0 saturated heterocycles. The van der Waals surface area contributed by atoms with E-state index in [0.717, 1.165) is 24.0 Å². The van der Waals surface area contributed by atoms with Crippen molar-refractivity contribution >= 4 is 40.0 Å². The van der Waals surface area contributed by atoms with Crippen LogP contribution in [0.4, 0.5) is 5.13 Å². The molecule has 1 saturated carbocycles. The Morgan fingerprint density at radius 1 is 1.00 bits per heavy atom. The van der Waals surface area contributed by atoms with Gasteiger partial charge >= 0.3 is 0 Å². The highest BCUT2D eigenvalue weighted by molar-refractivity contribution is 8.01. The molecule has 0 spiro atoms. The van der Waals surface area contributed by atoms with Gasteiger partial charge in [-0.15, -0.1) is 10.2 Å². The van der Waals surface area contributed by atoms with E-state index >= 15 is 0 Å². The Hall–Kier alpha value is -2.71. The number of aromatic nitrogens is 2. The van der Waals surface area contributed by atoms with Gasteiger partial charge in [0, 0.05) is 5.92 Å². The summed E-state index contributed by atoms with van der Waals surface area (Å²) in [6, 6.07) is 19.6. The average Bonchev–Trinajstić information content (AvgIpc) is 3.52. The molecule has 3 aromatic rings. The van der Waals surface area contributed by atoms with Crippen LogP contribution in [0, 0.1) is 5.92 Å². The zero-order chi connectivity index (χ0) is 20.1. The number of nitrogens with zero attached hydrogens (tertiary/aromatic N) is 2. The van der Waals surface area contributed by atoms with Gasteiger partial charge in [0.25, 0.3) is 0 Å². The maximum Gasteiger partial charge on any atom is 0.231 e. The normalized spacial score (nSPS) is 13.3. The number of benzene rings is 2. The number of hydrogen-bond acceptors (Lipinski definition) is 6. The number of hydrogen-bond donors (Lipinski definition) is 2. The highest BCUT2D eigenvalue weighted by atomic mass is 32.2. The van der Waals surface area contributed by atoms with E-state index in [2.05, 4.69) is 20.8 Å². The Balaban J connectivity index is 1.36. The summed E-state index contributed by atoms with van der Waals surface area (Å²) in [5.41, 5.74) is 2.05. The summed E-state index contributed by atoms with van der Waals surface area (Å²) in [5, 5.41) is 14.4. The second-order valence-electron chi connectivity index (χ2n) is 6.75. The third-order valence-corrected chi connectivity index (χ3v) is 6.45. The van der Waals surface area contributed by atoms with Crippen molar-refractivity contribution in [1.29, 1.82) is 0 Å². The minimum Gasteiger partial charge on any atom is -0.344 e. The van der Waals surface area contributed by atoms with E-state index in [-0.39, 0.29) is 29.5 Å². The van der Waals surface area contributed by atoms with Gasteiger partial charge in [0.05, 0.1) is 11.8 Å². The van der Waals surface area contributed by atoms with E-state index in [1.165, 1.54) is 23.1 Å². The van der Waals surface area contributed by atoms with E-state index in [1.54, 1.807) is 0 Å².